The molecule has 0 radical (unpaired) electrons. The monoisotopic (exact) mass is 400 g/mol. The van der Waals surface area contributed by atoms with Gasteiger partial charge in [0.05, 0.1) is 5.39 Å². The number of rotatable bonds is 3. The number of terminal acetylenes is 1. The zero-order chi connectivity index (χ0) is 19.6. The van der Waals surface area contributed by atoms with Crippen molar-refractivity contribution in [1.82, 2.24) is 9.55 Å². The Balaban J connectivity index is 1.71. The van der Waals surface area contributed by atoms with Crippen LogP contribution in [0.15, 0.2) is 24.3 Å². The SMILES string of the molecule is C#CC1OP2(=O)Oc3nc(OCc4ccc(F)cc4)c4c(c(C)c(C)n41)c3O2. The van der Waals surface area contributed by atoms with Crippen LogP contribution in [0.3, 0.4) is 0 Å². The van der Waals surface area contributed by atoms with Gasteiger partial charge in [-0.3, -0.25) is 0 Å². The Bertz CT molecular complexity index is 1230. The first kappa shape index (κ1) is 17.1. The third-order valence-corrected chi connectivity index (χ3v) is 6.14. The van der Waals surface area contributed by atoms with Crippen LogP contribution < -0.4 is 13.8 Å². The Morgan fingerprint density at radius 1 is 1.32 bits per heavy atom. The van der Waals surface area contributed by atoms with Crippen molar-refractivity contribution in [2.75, 3.05) is 0 Å². The van der Waals surface area contributed by atoms with Crippen LogP contribution in [0, 0.1) is 32.0 Å². The van der Waals surface area contributed by atoms with Crippen molar-refractivity contribution in [2.24, 2.45) is 0 Å². The average molecular weight is 400 g/mol. The van der Waals surface area contributed by atoms with Crippen LogP contribution in [-0.4, -0.2) is 9.55 Å². The fourth-order valence-electron chi connectivity index (χ4n) is 3.44. The molecule has 28 heavy (non-hydrogen) atoms. The summed E-state index contributed by atoms with van der Waals surface area (Å²) in [5.41, 5.74) is 2.99. The van der Waals surface area contributed by atoms with E-state index in [1.165, 1.54) is 12.1 Å². The van der Waals surface area contributed by atoms with E-state index < -0.39 is 14.1 Å². The minimum Gasteiger partial charge on any atom is -0.471 e. The van der Waals surface area contributed by atoms with Crippen LogP contribution in [0.4, 0.5) is 4.39 Å². The van der Waals surface area contributed by atoms with Gasteiger partial charge in [0.25, 0.3) is 5.88 Å². The highest BCUT2D eigenvalue weighted by Crippen LogP contribution is 2.64. The second-order valence-corrected chi connectivity index (χ2v) is 8.00. The highest BCUT2D eigenvalue weighted by Gasteiger charge is 2.48. The topological polar surface area (TPSA) is 71.8 Å². The van der Waals surface area contributed by atoms with E-state index in [2.05, 4.69) is 10.9 Å². The number of hydrogen-bond donors (Lipinski definition) is 0. The van der Waals surface area contributed by atoms with Crippen LogP contribution in [0.2, 0.25) is 0 Å². The minimum absolute atomic E-state index is 0.0304. The van der Waals surface area contributed by atoms with Crippen molar-refractivity contribution in [2.45, 2.75) is 26.7 Å². The Morgan fingerprint density at radius 3 is 2.79 bits per heavy atom. The molecule has 0 saturated heterocycles. The summed E-state index contributed by atoms with van der Waals surface area (Å²) in [5.74, 6) is 2.66. The van der Waals surface area contributed by atoms with E-state index in [9.17, 15) is 8.96 Å². The number of benzene rings is 1. The van der Waals surface area contributed by atoms with Crippen LogP contribution >= 0.6 is 7.82 Å². The van der Waals surface area contributed by atoms with E-state index in [1.54, 1.807) is 16.7 Å². The van der Waals surface area contributed by atoms with E-state index in [0.717, 1.165) is 16.8 Å². The molecule has 0 spiro atoms. The summed E-state index contributed by atoms with van der Waals surface area (Å²) in [5, 5.41) is 0.665. The van der Waals surface area contributed by atoms with Crippen molar-refractivity contribution < 1.29 is 27.3 Å². The molecule has 0 aliphatic carbocycles. The number of halogens is 1. The molecule has 3 aromatic rings. The standard InChI is InChI=1S/C19H14FN2O5P/c1-4-14-22-11(3)10(2)15-16(22)18(24-9-12-5-7-13(20)8-6-12)21-19-17(15)26-28(23,25-14)27-19/h1,5-8,14H,9H2,2-3H3. The molecular formula is C19H14FN2O5P. The van der Waals surface area contributed by atoms with Crippen LogP contribution in [-0.2, 0) is 15.7 Å². The first-order valence-corrected chi connectivity index (χ1v) is 9.92. The van der Waals surface area contributed by atoms with Gasteiger partial charge in [0.2, 0.25) is 17.9 Å². The van der Waals surface area contributed by atoms with Gasteiger partial charge in [-0.1, -0.05) is 18.1 Å². The Kier molecular flexibility index (Phi) is 3.51. The van der Waals surface area contributed by atoms with Gasteiger partial charge >= 0.3 is 7.82 Å². The van der Waals surface area contributed by atoms with E-state index >= 15 is 0 Å². The van der Waals surface area contributed by atoms with Crippen molar-refractivity contribution in [3.05, 3.63) is 46.9 Å². The predicted molar refractivity (Wildman–Crippen MR) is 97.8 cm³/mol. The van der Waals surface area contributed by atoms with Crippen LogP contribution in [0.25, 0.3) is 10.9 Å². The molecule has 5 bridgehead atoms. The zero-order valence-corrected chi connectivity index (χ0v) is 15.8. The van der Waals surface area contributed by atoms with E-state index in [0.29, 0.717) is 10.9 Å². The molecule has 4 heterocycles. The number of aromatic nitrogens is 2. The van der Waals surface area contributed by atoms with Crippen molar-refractivity contribution in [3.8, 4) is 29.9 Å². The lowest BCUT2D eigenvalue weighted by Crippen LogP contribution is -2.14. The van der Waals surface area contributed by atoms with Crippen LogP contribution in [0.1, 0.15) is 23.0 Å². The fraction of sp³-hybridized carbons (Fsp3) is 0.211. The minimum atomic E-state index is -3.93. The number of hydrogen-bond acceptors (Lipinski definition) is 6. The summed E-state index contributed by atoms with van der Waals surface area (Å²) < 4.78 is 49.9. The third-order valence-electron chi connectivity index (χ3n) is 4.88. The quantitative estimate of drug-likeness (QED) is 0.479. The number of nitrogens with zero attached hydrogens (tertiary/aromatic N) is 2. The zero-order valence-electron chi connectivity index (χ0n) is 14.9. The lowest BCUT2D eigenvalue weighted by atomic mass is 10.1. The maximum Gasteiger partial charge on any atom is 0.591 e. The summed E-state index contributed by atoms with van der Waals surface area (Å²) >= 11 is 0. The van der Waals surface area contributed by atoms with E-state index in [-0.39, 0.29) is 29.9 Å². The van der Waals surface area contributed by atoms with Gasteiger partial charge < -0.3 is 18.4 Å². The second kappa shape index (κ2) is 5.74. The summed E-state index contributed by atoms with van der Waals surface area (Å²) in [6, 6.07) is 5.94. The Morgan fingerprint density at radius 2 is 2.07 bits per heavy atom. The van der Waals surface area contributed by atoms with Gasteiger partial charge in [-0.15, -0.1) is 6.42 Å². The first-order chi connectivity index (χ1) is 13.4. The molecule has 142 valence electrons. The predicted octanol–water partition coefficient (Wildman–Crippen LogP) is 4.41. The van der Waals surface area contributed by atoms with Gasteiger partial charge in [-0.25, -0.2) is 13.5 Å². The molecule has 0 N–H and O–H groups in total. The smallest absolute Gasteiger partial charge is 0.471 e. The lowest BCUT2D eigenvalue weighted by molar-refractivity contribution is 0.146. The molecule has 2 unspecified atom stereocenters. The maximum atomic E-state index is 13.1. The molecule has 2 aliphatic rings. The number of phosphoric ester groups is 1. The molecule has 2 aliphatic heterocycles. The Hall–Kier alpha value is -3.01. The summed E-state index contributed by atoms with van der Waals surface area (Å²) in [4.78, 5) is 4.35. The van der Waals surface area contributed by atoms with Gasteiger partial charge in [0.1, 0.15) is 17.9 Å². The third kappa shape index (κ3) is 2.34. The van der Waals surface area contributed by atoms with Crippen LogP contribution in [0.5, 0.6) is 17.5 Å². The van der Waals surface area contributed by atoms with Gasteiger partial charge in [0.15, 0.2) is 0 Å². The molecule has 0 saturated carbocycles. The fourth-order valence-corrected chi connectivity index (χ4v) is 4.70. The Labute approximate surface area is 159 Å². The van der Waals surface area contributed by atoms with Crippen molar-refractivity contribution >= 4 is 18.7 Å². The highest BCUT2D eigenvalue weighted by molar-refractivity contribution is 7.49. The highest BCUT2D eigenvalue weighted by atomic mass is 31.2. The summed E-state index contributed by atoms with van der Waals surface area (Å²) in [6.45, 7) is 3.91. The number of phosphoric acid groups is 1. The second-order valence-electron chi connectivity index (χ2n) is 6.52. The largest absolute Gasteiger partial charge is 0.591 e. The molecule has 2 aromatic heterocycles. The first-order valence-electron chi connectivity index (χ1n) is 8.46. The normalized spacial score (nSPS) is 21.9. The number of fused-ring (bicyclic) bond motifs is 1. The van der Waals surface area contributed by atoms with Gasteiger partial charge in [0, 0.05) is 5.69 Å². The number of ether oxygens (including phenoxy) is 1. The molecule has 7 nitrogen and oxygen atoms in total. The molecule has 5 rings (SSSR count). The van der Waals surface area contributed by atoms with Gasteiger partial charge in [-0.2, -0.15) is 4.98 Å². The molecule has 0 fully saturated rings. The molecule has 0 amide bonds. The van der Waals surface area contributed by atoms with E-state index in [4.69, 9.17) is 24.7 Å². The van der Waals surface area contributed by atoms with E-state index in [1.807, 2.05) is 13.8 Å². The average Bonchev–Trinajstić information content (AvgIpc) is 3.16. The van der Waals surface area contributed by atoms with Crippen molar-refractivity contribution in [3.63, 3.8) is 0 Å². The number of aryl methyl sites for hydroxylation is 1. The molecular weight excluding hydrogens is 386 g/mol. The van der Waals surface area contributed by atoms with Crippen molar-refractivity contribution in [1.29, 1.82) is 0 Å². The number of pyridine rings is 1. The lowest BCUT2D eigenvalue weighted by Gasteiger charge is -2.20. The molecule has 9 heteroatoms. The summed E-state index contributed by atoms with van der Waals surface area (Å²) in [6.07, 6.45) is 4.62. The molecule has 1 aromatic carbocycles. The van der Waals surface area contributed by atoms with Gasteiger partial charge in [-0.05, 0) is 37.1 Å². The molecule has 2 atom stereocenters. The summed E-state index contributed by atoms with van der Waals surface area (Å²) in [7, 11) is -3.93. The maximum absolute atomic E-state index is 13.1.